The van der Waals surface area contributed by atoms with Gasteiger partial charge in [0.15, 0.2) is 0 Å². The van der Waals surface area contributed by atoms with E-state index in [0.717, 1.165) is 0 Å². The molecule has 0 heterocycles. The van der Waals surface area contributed by atoms with Crippen molar-refractivity contribution < 1.29 is 14.7 Å². The number of nitrogens with one attached hydrogen (secondary N) is 1. The Hall–Kier alpha value is -0.490. The van der Waals surface area contributed by atoms with Gasteiger partial charge in [0.1, 0.15) is 5.82 Å². The lowest BCUT2D eigenvalue weighted by Crippen LogP contribution is -2.21. The molecular formula is C8H9BrFNO2. The molecule has 0 saturated heterocycles. The maximum Gasteiger partial charge on any atom is 0.129 e. The molecule has 0 spiro atoms. The highest BCUT2D eigenvalue weighted by molar-refractivity contribution is 9.10. The van der Waals surface area contributed by atoms with Crippen molar-refractivity contribution in [2.45, 2.75) is 6.04 Å². The van der Waals surface area contributed by atoms with Gasteiger partial charge in [0, 0.05) is 10.0 Å². The molecule has 0 aromatic heterocycles. The highest BCUT2D eigenvalue weighted by Crippen LogP contribution is 2.20. The van der Waals surface area contributed by atoms with Crippen LogP contribution in [0.15, 0.2) is 22.7 Å². The molecule has 3 N–H and O–H groups in total. The number of hydrogen-bond acceptors (Lipinski definition) is 3. The van der Waals surface area contributed by atoms with Crippen LogP contribution in [0.4, 0.5) is 4.39 Å². The Morgan fingerprint density at radius 1 is 1.54 bits per heavy atom. The van der Waals surface area contributed by atoms with Crippen LogP contribution in [0.25, 0.3) is 0 Å². The molecule has 0 fully saturated rings. The van der Waals surface area contributed by atoms with Crippen molar-refractivity contribution in [1.82, 2.24) is 5.48 Å². The van der Waals surface area contributed by atoms with Crippen LogP contribution in [-0.4, -0.2) is 16.9 Å². The Morgan fingerprint density at radius 2 is 2.23 bits per heavy atom. The fraction of sp³-hybridized carbons (Fsp3) is 0.250. The van der Waals surface area contributed by atoms with Crippen LogP contribution in [0, 0.1) is 5.82 Å². The molecule has 1 unspecified atom stereocenters. The Morgan fingerprint density at radius 3 is 2.69 bits per heavy atom. The topological polar surface area (TPSA) is 52.5 Å². The molecule has 1 aromatic rings. The number of rotatable bonds is 3. The first-order valence-corrected chi connectivity index (χ1v) is 4.43. The van der Waals surface area contributed by atoms with E-state index in [-0.39, 0.29) is 12.2 Å². The third-order valence-electron chi connectivity index (χ3n) is 1.68. The normalized spacial score (nSPS) is 12.9. The van der Waals surface area contributed by atoms with Gasteiger partial charge in [-0.3, -0.25) is 0 Å². The number of aliphatic hydroxyl groups excluding tert-OH is 1. The molecule has 0 amide bonds. The van der Waals surface area contributed by atoms with Gasteiger partial charge in [-0.2, -0.15) is 5.48 Å². The summed E-state index contributed by atoms with van der Waals surface area (Å²) in [5.41, 5.74) is 2.05. The number of benzene rings is 1. The van der Waals surface area contributed by atoms with Crippen LogP contribution in [0.3, 0.4) is 0 Å². The van der Waals surface area contributed by atoms with Crippen molar-refractivity contribution >= 4 is 15.9 Å². The Bertz CT molecular complexity index is 291. The van der Waals surface area contributed by atoms with E-state index in [1.54, 1.807) is 6.07 Å². The fourth-order valence-electron chi connectivity index (χ4n) is 0.993. The fourth-order valence-corrected chi connectivity index (χ4v) is 1.33. The summed E-state index contributed by atoms with van der Waals surface area (Å²) >= 11 is 3.10. The van der Waals surface area contributed by atoms with Gasteiger partial charge in [0.2, 0.25) is 0 Å². The summed E-state index contributed by atoms with van der Waals surface area (Å²) in [4.78, 5) is 0. The highest BCUT2D eigenvalue weighted by atomic mass is 79.9. The van der Waals surface area contributed by atoms with Gasteiger partial charge in [-0.1, -0.05) is 22.0 Å². The minimum atomic E-state index is -0.784. The first-order chi connectivity index (χ1) is 6.19. The third-order valence-corrected chi connectivity index (χ3v) is 2.17. The SMILES string of the molecule is OCC(NO)c1ccc(Br)cc1F. The molecule has 1 rings (SSSR count). The zero-order valence-corrected chi connectivity index (χ0v) is 8.25. The van der Waals surface area contributed by atoms with Crippen LogP contribution >= 0.6 is 15.9 Å². The molecule has 72 valence electrons. The van der Waals surface area contributed by atoms with Gasteiger partial charge in [-0.05, 0) is 12.1 Å². The van der Waals surface area contributed by atoms with Crippen LogP contribution in [0.5, 0.6) is 0 Å². The number of aliphatic hydroxyl groups is 1. The molecule has 0 aliphatic carbocycles. The number of halogens is 2. The lowest BCUT2D eigenvalue weighted by Gasteiger charge is -2.12. The van der Waals surface area contributed by atoms with Gasteiger partial charge < -0.3 is 10.3 Å². The van der Waals surface area contributed by atoms with Crippen LogP contribution in [0.1, 0.15) is 11.6 Å². The third kappa shape index (κ3) is 2.47. The summed E-state index contributed by atoms with van der Waals surface area (Å²) in [6.45, 7) is -0.366. The molecule has 3 nitrogen and oxygen atoms in total. The summed E-state index contributed by atoms with van der Waals surface area (Å²) in [5, 5.41) is 17.4. The van der Waals surface area contributed by atoms with E-state index < -0.39 is 11.9 Å². The first-order valence-electron chi connectivity index (χ1n) is 3.64. The van der Waals surface area contributed by atoms with Crippen molar-refractivity contribution in [3.63, 3.8) is 0 Å². The monoisotopic (exact) mass is 249 g/mol. The molecular weight excluding hydrogens is 241 g/mol. The van der Waals surface area contributed by atoms with Gasteiger partial charge >= 0.3 is 0 Å². The molecule has 0 aliphatic rings. The van der Waals surface area contributed by atoms with Crippen molar-refractivity contribution in [3.05, 3.63) is 34.1 Å². The second-order valence-corrected chi connectivity index (χ2v) is 3.45. The van der Waals surface area contributed by atoms with Crippen molar-refractivity contribution in [2.75, 3.05) is 6.61 Å². The Balaban J connectivity index is 2.99. The molecule has 0 saturated carbocycles. The second-order valence-electron chi connectivity index (χ2n) is 2.53. The van der Waals surface area contributed by atoms with Crippen molar-refractivity contribution in [3.8, 4) is 0 Å². The maximum absolute atomic E-state index is 13.2. The van der Waals surface area contributed by atoms with E-state index in [1.807, 2.05) is 5.48 Å². The lowest BCUT2D eigenvalue weighted by molar-refractivity contribution is 0.0888. The zero-order valence-electron chi connectivity index (χ0n) is 6.67. The van der Waals surface area contributed by atoms with Gasteiger partial charge in [0.05, 0.1) is 12.6 Å². The largest absolute Gasteiger partial charge is 0.394 e. The molecule has 0 bridgehead atoms. The van der Waals surface area contributed by atoms with Gasteiger partial charge in [-0.25, -0.2) is 4.39 Å². The van der Waals surface area contributed by atoms with E-state index in [1.165, 1.54) is 12.1 Å². The smallest absolute Gasteiger partial charge is 0.129 e. The summed E-state index contributed by atoms with van der Waals surface area (Å²) in [7, 11) is 0. The van der Waals surface area contributed by atoms with Crippen LogP contribution in [-0.2, 0) is 0 Å². The molecule has 1 atom stereocenters. The average molecular weight is 250 g/mol. The summed E-state index contributed by atoms with van der Waals surface area (Å²) in [5.74, 6) is -0.477. The molecule has 0 radical (unpaired) electrons. The molecule has 0 aliphatic heterocycles. The highest BCUT2D eigenvalue weighted by Gasteiger charge is 2.13. The lowest BCUT2D eigenvalue weighted by atomic mass is 10.1. The van der Waals surface area contributed by atoms with Crippen LogP contribution in [0.2, 0.25) is 0 Å². The molecule has 1 aromatic carbocycles. The van der Waals surface area contributed by atoms with Crippen molar-refractivity contribution in [1.29, 1.82) is 0 Å². The second kappa shape index (κ2) is 4.66. The Kier molecular flexibility index (Phi) is 3.80. The van der Waals surface area contributed by atoms with E-state index in [9.17, 15) is 4.39 Å². The van der Waals surface area contributed by atoms with E-state index in [0.29, 0.717) is 4.47 Å². The van der Waals surface area contributed by atoms with E-state index >= 15 is 0 Å². The molecule has 5 heteroatoms. The summed E-state index contributed by atoms with van der Waals surface area (Å²) in [6, 6.07) is 3.62. The molecule has 13 heavy (non-hydrogen) atoms. The van der Waals surface area contributed by atoms with E-state index in [2.05, 4.69) is 15.9 Å². The maximum atomic E-state index is 13.2. The minimum Gasteiger partial charge on any atom is -0.394 e. The number of hydroxylamine groups is 1. The average Bonchev–Trinajstić information content (AvgIpc) is 2.10. The minimum absolute atomic E-state index is 0.230. The first kappa shape index (κ1) is 10.6. The van der Waals surface area contributed by atoms with Gasteiger partial charge in [-0.15, -0.1) is 0 Å². The number of hydrogen-bond donors (Lipinski definition) is 3. The Labute approximate surface area is 83.3 Å². The van der Waals surface area contributed by atoms with Gasteiger partial charge in [0.25, 0.3) is 0 Å². The summed E-state index contributed by atoms with van der Waals surface area (Å²) in [6.07, 6.45) is 0. The summed E-state index contributed by atoms with van der Waals surface area (Å²) < 4.78 is 13.8. The standard InChI is InChI=1S/C8H9BrFNO2/c9-5-1-2-6(7(10)3-5)8(4-12)11-13/h1-3,8,11-13H,4H2. The van der Waals surface area contributed by atoms with Crippen LogP contribution < -0.4 is 5.48 Å². The van der Waals surface area contributed by atoms with Crippen molar-refractivity contribution in [2.24, 2.45) is 0 Å². The quantitative estimate of drug-likeness (QED) is 0.714. The predicted octanol–water partition coefficient (Wildman–Crippen LogP) is 1.60. The van der Waals surface area contributed by atoms with E-state index in [4.69, 9.17) is 10.3 Å². The zero-order chi connectivity index (χ0) is 9.84. The predicted molar refractivity (Wildman–Crippen MR) is 48.8 cm³/mol.